The molecule has 2 aromatic heterocycles. The molecule has 0 bridgehead atoms. The van der Waals surface area contributed by atoms with Crippen molar-refractivity contribution in [3.8, 4) is 0 Å². The Morgan fingerprint density at radius 1 is 1.25 bits per heavy atom. The van der Waals surface area contributed by atoms with Gasteiger partial charge in [0.25, 0.3) is 0 Å². The van der Waals surface area contributed by atoms with Crippen LogP contribution in [-0.4, -0.2) is 9.66 Å². The third-order valence-electron chi connectivity index (χ3n) is 3.03. The average molecular weight is 211 g/mol. The van der Waals surface area contributed by atoms with E-state index < -0.39 is 0 Å². The highest BCUT2D eigenvalue weighted by atomic mass is 15.3. The van der Waals surface area contributed by atoms with Crippen molar-refractivity contribution in [2.45, 2.75) is 13.3 Å². The molecule has 0 aliphatic heterocycles. The molecule has 0 saturated carbocycles. The van der Waals surface area contributed by atoms with Crippen LogP contribution in [0.1, 0.15) is 12.5 Å². The largest absolute Gasteiger partial charge is 0.337 e. The van der Waals surface area contributed by atoms with E-state index in [1.807, 2.05) is 6.07 Å². The first-order valence-corrected chi connectivity index (χ1v) is 5.44. The van der Waals surface area contributed by atoms with Gasteiger partial charge in [-0.05, 0) is 36.2 Å². The third-order valence-corrected chi connectivity index (χ3v) is 3.03. The Morgan fingerprint density at radius 2 is 2.12 bits per heavy atom. The maximum Gasteiger partial charge on any atom is 0.159 e. The minimum Gasteiger partial charge on any atom is -0.337 e. The summed E-state index contributed by atoms with van der Waals surface area (Å²) >= 11 is 0. The molecule has 2 N–H and O–H groups in total. The van der Waals surface area contributed by atoms with E-state index >= 15 is 0 Å². The van der Waals surface area contributed by atoms with Gasteiger partial charge in [0.15, 0.2) is 5.65 Å². The van der Waals surface area contributed by atoms with Crippen LogP contribution < -0.4 is 5.84 Å². The Kier molecular flexibility index (Phi) is 1.86. The van der Waals surface area contributed by atoms with Gasteiger partial charge >= 0.3 is 0 Å². The molecule has 2 heterocycles. The fourth-order valence-electron chi connectivity index (χ4n) is 2.14. The van der Waals surface area contributed by atoms with Crippen LogP contribution in [0.4, 0.5) is 0 Å². The smallest absolute Gasteiger partial charge is 0.159 e. The van der Waals surface area contributed by atoms with Gasteiger partial charge in [-0.3, -0.25) is 0 Å². The van der Waals surface area contributed by atoms with E-state index in [0.29, 0.717) is 0 Å². The number of benzene rings is 1. The Hall–Kier alpha value is -2.03. The van der Waals surface area contributed by atoms with Crippen LogP contribution in [0.2, 0.25) is 0 Å². The summed E-state index contributed by atoms with van der Waals surface area (Å²) in [4.78, 5) is 4.31. The highest BCUT2D eigenvalue weighted by Gasteiger charge is 2.08. The Balaban J connectivity index is 2.52. The molecular formula is C13H13N3. The first-order valence-electron chi connectivity index (χ1n) is 5.44. The molecule has 3 heteroatoms. The van der Waals surface area contributed by atoms with Gasteiger partial charge in [0.2, 0.25) is 0 Å². The monoisotopic (exact) mass is 211 g/mol. The molecule has 80 valence electrons. The molecule has 0 unspecified atom stereocenters. The van der Waals surface area contributed by atoms with Gasteiger partial charge in [0, 0.05) is 17.0 Å². The van der Waals surface area contributed by atoms with Crippen molar-refractivity contribution >= 4 is 21.9 Å². The number of nitrogen functional groups attached to an aromatic ring is 1. The number of aromatic nitrogens is 2. The Bertz CT molecular complexity index is 667. The van der Waals surface area contributed by atoms with E-state index in [4.69, 9.17) is 5.84 Å². The zero-order valence-corrected chi connectivity index (χ0v) is 9.14. The molecule has 0 fully saturated rings. The molecule has 0 amide bonds. The van der Waals surface area contributed by atoms with Crippen LogP contribution in [-0.2, 0) is 6.42 Å². The normalized spacial score (nSPS) is 11.3. The Labute approximate surface area is 93.5 Å². The summed E-state index contributed by atoms with van der Waals surface area (Å²) in [5, 5.41) is 2.31. The van der Waals surface area contributed by atoms with Crippen molar-refractivity contribution < 1.29 is 0 Å². The van der Waals surface area contributed by atoms with Crippen molar-refractivity contribution in [2.24, 2.45) is 0 Å². The summed E-state index contributed by atoms with van der Waals surface area (Å²) in [6, 6.07) is 10.4. The first kappa shape index (κ1) is 9.21. The van der Waals surface area contributed by atoms with Crippen LogP contribution in [0, 0.1) is 0 Å². The molecule has 0 aliphatic rings. The van der Waals surface area contributed by atoms with Crippen molar-refractivity contribution in [1.29, 1.82) is 0 Å². The lowest BCUT2D eigenvalue weighted by Crippen LogP contribution is -2.07. The van der Waals surface area contributed by atoms with E-state index in [9.17, 15) is 0 Å². The Morgan fingerprint density at radius 3 is 2.94 bits per heavy atom. The molecule has 0 saturated heterocycles. The maximum absolute atomic E-state index is 6.02. The summed E-state index contributed by atoms with van der Waals surface area (Å²) in [5.41, 5.74) is 3.19. The van der Waals surface area contributed by atoms with Crippen LogP contribution in [0.25, 0.3) is 21.9 Å². The highest BCUT2D eigenvalue weighted by Crippen LogP contribution is 2.26. The van der Waals surface area contributed by atoms with Crippen LogP contribution in [0.15, 0.2) is 36.5 Å². The van der Waals surface area contributed by atoms with Crippen molar-refractivity contribution in [3.05, 3.63) is 42.1 Å². The predicted molar refractivity (Wildman–Crippen MR) is 66.8 cm³/mol. The van der Waals surface area contributed by atoms with Gasteiger partial charge in [-0.1, -0.05) is 13.0 Å². The lowest BCUT2D eigenvalue weighted by Gasteiger charge is -1.98. The summed E-state index contributed by atoms with van der Waals surface area (Å²) in [6.45, 7) is 2.15. The average Bonchev–Trinajstić information content (AvgIpc) is 2.64. The molecule has 0 radical (unpaired) electrons. The highest BCUT2D eigenvalue weighted by molar-refractivity contribution is 6.06. The minimum absolute atomic E-state index is 0.839. The maximum atomic E-state index is 6.02. The zero-order chi connectivity index (χ0) is 11.1. The lowest BCUT2D eigenvalue weighted by molar-refractivity contribution is 1.08. The second-order valence-electron chi connectivity index (χ2n) is 3.95. The molecule has 0 atom stereocenters. The summed E-state index contributed by atoms with van der Waals surface area (Å²) in [5.74, 6) is 6.02. The van der Waals surface area contributed by atoms with Crippen LogP contribution in [0.3, 0.4) is 0 Å². The first-order chi connectivity index (χ1) is 7.81. The van der Waals surface area contributed by atoms with Gasteiger partial charge in [-0.25, -0.2) is 9.66 Å². The quantitative estimate of drug-likeness (QED) is 0.628. The molecule has 3 aromatic rings. The van der Waals surface area contributed by atoms with Crippen molar-refractivity contribution in [2.75, 3.05) is 5.84 Å². The number of hydrogen-bond acceptors (Lipinski definition) is 2. The standard InChI is InChI=1S/C13H13N3/c1-2-9-5-6-12-11(8-9)10-4-3-7-15-13(10)16(12)14/h3-8H,2,14H2,1H3. The lowest BCUT2D eigenvalue weighted by atomic mass is 10.1. The van der Waals surface area contributed by atoms with Gasteiger partial charge in [-0.2, -0.15) is 0 Å². The second-order valence-corrected chi connectivity index (χ2v) is 3.95. The molecule has 3 nitrogen and oxygen atoms in total. The van der Waals surface area contributed by atoms with E-state index in [2.05, 4.69) is 36.2 Å². The molecule has 16 heavy (non-hydrogen) atoms. The molecule has 1 aromatic carbocycles. The van der Waals surface area contributed by atoms with Crippen LogP contribution in [0.5, 0.6) is 0 Å². The van der Waals surface area contributed by atoms with E-state index in [1.165, 1.54) is 10.9 Å². The number of rotatable bonds is 1. The third kappa shape index (κ3) is 1.11. The van der Waals surface area contributed by atoms with Gasteiger partial charge in [0.05, 0.1) is 5.52 Å². The van der Waals surface area contributed by atoms with Gasteiger partial charge in [0.1, 0.15) is 0 Å². The zero-order valence-electron chi connectivity index (χ0n) is 9.14. The fraction of sp³-hybridized carbons (Fsp3) is 0.154. The molecule has 0 aliphatic carbocycles. The fourth-order valence-corrected chi connectivity index (χ4v) is 2.14. The number of nitrogens with zero attached hydrogens (tertiary/aromatic N) is 2. The summed E-state index contributed by atoms with van der Waals surface area (Å²) in [6.07, 6.45) is 2.80. The molecule has 3 rings (SSSR count). The number of hydrogen-bond donors (Lipinski definition) is 1. The van der Waals surface area contributed by atoms with Gasteiger partial charge in [-0.15, -0.1) is 0 Å². The van der Waals surface area contributed by atoms with E-state index in [-0.39, 0.29) is 0 Å². The number of nitrogens with two attached hydrogens (primary N) is 1. The van der Waals surface area contributed by atoms with Crippen molar-refractivity contribution in [1.82, 2.24) is 9.66 Å². The second kappa shape index (κ2) is 3.23. The van der Waals surface area contributed by atoms with Gasteiger partial charge < -0.3 is 5.84 Å². The summed E-state index contributed by atoms with van der Waals surface area (Å²) in [7, 11) is 0. The SMILES string of the molecule is CCc1ccc2c(c1)c1cccnc1n2N. The predicted octanol–water partition coefficient (Wildman–Crippen LogP) is 2.47. The van der Waals surface area contributed by atoms with Crippen molar-refractivity contribution in [3.63, 3.8) is 0 Å². The minimum atomic E-state index is 0.839. The number of fused-ring (bicyclic) bond motifs is 3. The number of aryl methyl sites for hydroxylation is 1. The number of pyridine rings is 1. The van der Waals surface area contributed by atoms with Crippen LogP contribution >= 0.6 is 0 Å². The molecular weight excluding hydrogens is 198 g/mol. The molecule has 0 spiro atoms. The van der Waals surface area contributed by atoms with E-state index in [0.717, 1.165) is 23.0 Å². The summed E-state index contributed by atoms with van der Waals surface area (Å²) < 4.78 is 1.66. The topological polar surface area (TPSA) is 43.8 Å². The van der Waals surface area contributed by atoms with E-state index in [1.54, 1.807) is 10.9 Å².